The van der Waals surface area contributed by atoms with Crippen LogP contribution in [0.3, 0.4) is 0 Å². The number of nitrogens with zero attached hydrogens (tertiary/aromatic N) is 4. The van der Waals surface area contributed by atoms with E-state index in [0.29, 0.717) is 11.5 Å². The van der Waals surface area contributed by atoms with Crippen LogP contribution in [0.4, 0.5) is 0 Å². The smallest absolute Gasteiger partial charge is 0.163 e. The van der Waals surface area contributed by atoms with Crippen molar-refractivity contribution < 1.29 is 0 Å². The van der Waals surface area contributed by atoms with Gasteiger partial charge in [0, 0.05) is 11.5 Å². The van der Waals surface area contributed by atoms with Crippen molar-refractivity contribution in [2.24, 2.45) is 5.92 Å². The third kappa shape index (κ3) is 3.84. The summed E-state index contributed by atoms with van der Waals surface area (Å²) in [7, 11) is 0. The molecule has 4 rings (SSSR count). The van der Waals surface area contributed by atoms with Crippen LogP contribution < -0.4 is 0 Å². The van der Waals surface area contributed by atoms with Crippen LogP contribution in [-0.4, -0.2) is 14.8 Å². The lowest BCUT2D eigenvalue weighted by atomic mass is 9.89. The summed E-state index contributed by atoms with van der Waals surface area (Å²) in [6.45, 7) is 12.7. The Morgan fingerprint density at radius 3 is 2.32 bits per heavy atom. The van der Waals surface area contributed by atoms with E-state index in [-0.39, 0.29) is 0 Å². The molecule has 4 nitrogen and oxygen atoms in total. The average molecular weight is 409 g/mol. The Bertz CT molecular complexity index is 1260. The first-order valence-electron chi connectivity index (χ1n) is 10.7. The van der Waals surface area contributed by atoms with E-state index in [4.69, 9.17) is 10.1 Å². The van der Waals surface area contributed by atoms with Gasteiger partial charge in [0.1, 0.15) is 5.82 Å². The fourth-order valence-electron chi connectivity index (χ4n) is 4.91. The summed E-state index contributed by atoms with van der Waals surface area (Å²) in [5, 5.41) is 14.1. The van der Waals surface area contributed by atoms with E-state index in [0.717, 1.165) is 40.3 Å². The van der Waals surface area contributed by atoms with Crippen molar-refractivity contribution in [2.45, 2.75) is 48.0 Å². The number of allylic oxidation sites excluding steroid dienone is 4. The fraction of sp³-hybridized carbons (Fsp3) is 0.296. The molecule has 0 radical (unpaired) electrons. The van der Waals surface area contributed by atoms with Crippen LogP contribution in [0.1, 0.15) is 49.7 Å². The van der Waals surface area contributed by atoms with Crippen molar-refractivity contribution in [3.8, 4) is 28.6 Å². The minimum Gasteiger partial charge on any atom is -0.217 e. The number of benzene rings is 2. The molecule has 156 valence electrons. The molecule has 0 N–H and O–H groups in total. The summed E-state index contributed by atoms with van der Waals surface area (Å²) >= 11 is 0. The van der Waals surface area contributed by atoms with Crippen molar-refractivity contribution in [1.29, 1.82) is 5.26 Å². The van der Waals surface area contributed by atoms with Gasteiger partial charge in [-0.05, 0) is 87.1 Å². The van der Waals surface area contributed by atoms with Gasteiger partial charge in [0.15, 0.2) is 5.82 Å². The number of aryl methyl sites for hydroxylation is 3. The Morgan fingerprint density at radius 2 is 1.68 bits per heavy atom. The minimum absolute atomic E-state index is 0.385. The highest BCUT2D eigenvalue weighted by Gasteiger charge is 2.23. The molecule has 0 saturated heterocycles. The zero-order valence-corrected chi connectivity index (χ0v) is 19.1. The Balaban J connectivity index is 1.86. The second-order valence-electron chi connectivity index (χ2n) is 8.74. The van der Waals surface area contributed by atoms with Gasteiger partial charge in [-0.15, -0.1) is 0 Å². The predicted octanol–water partition coefficient (Wildman–Crippen LogP) is 6.63. The molecular weight excluding hydrogens is 380 g/mol. The van der Waals surface area contributed by atoms with Gasteiger partial charge >= 0.3 is 0 Å². The van der Waals surface area contributed by atoms with E-state index in [9.17, 15) is 5.26 Å². The maximum atomic E-state index is 9.28. The Morgan fingerprint density at radius 1 is 1.00 bits per heavy atom. The average Bonchev–Trinajstić information content (AvgIpc) is 3.08. The van der Waals surface area contributed by atoms with Crippen LogP contribution >= 0.6 is 0 Å². The highest BCUT2D eigenvalue weighted by Crippen LogP contribution is 2.36. The zero-order chi connectivity index (χ0) is 22.3. The molecule has 0 amide bonds. The van der Waals surface area contributed by atoms with E-state index >= 15 is 0 Å². The second kappa shape index (κ2) is 8.00. The Labute approximate surface area is 184 Å². The van der Waals surface area contributed by atoms with Gasteiger partial charge in [-0.3, -0.25) is 0 Å². The van der Waals surface area contributed by atoms with Gasteiger partial charge in [-0.25, -0.2) is 9.67 Å². The van der Waals surface area contributed by atoms with Crippen molar-refractivity contribution in [3.63, 3.8) is 0 Å². The minimum atomic E-state index is 0.385. The molecule has 1 aliphatic rings. The summed E-state index contributed by atoms with van der Waals surface area (Å²) in [4.78, 5) is 4.80. The molecule has 1 atom stereocenters. The van der Waals surface area contributed by atoms with Crippen molar-refractivity contribution in [1.82, 2.24) is 14.8 Å². The van der Waals surface area contributed by atoms with Gasteiger partial charge < -0.3 is 0 Å². The zero-order valence-electron chi connectivity index (χ0n) is 19.1. The van der Waals surface area contributed by atoms with Crippen LogP contribution in [0.25, 0.3) is 28.2 Å². The van der Waals surface area contributed by atoms with Crippen molar-refractivity contribution >= 4 is 5.70 Å². The Kier molecular flexibility index (Phi) is 5.37. The number of nitriles is 1. The Hall–Kier alpha value is -3.45. The molecule has 0 bridgehead atoms. The molecule has 1 unspecified atom stereocenters. The SMILES string of the molecule is CC1=CC(C)=C(n2nc(C)nc2-c2cccc(-c3c(C)cc(C#N)cc3C)c2)C(C)C1. The quantitative estimate of drug-likeness (QED) is 0.489. The summed E-state index contributed by atoms with van der Waals surface area (Å²) < 4.78 is 2.04. The van der Waals surface area contributed by atoms with E-state index < -0.39 is 0 Å². The highest BCUT2D eigenvalue weighted by atomic mass is 15.4. The second-order valence-corrected chi connectivity index (χ2v) is 8.74. The number of aromatic nitrogens is 3. The molecule has 0 spiro atoms. The molecule has 0 aliphatic heterocycles. The summed E-state index contributed by atoms with van der Waals surface area (Å²) in [6, 6.07) is 14.6. The first kappa shape index (κ1) is 20.8. The van der Waals surface area contributed by atoms with Crippen LogP contribution in [0.2, 0.25) is 0 Å². The fourth-order valence-corrected chi connectivity index (χ4v) is 4.91. The molecule has 1 aromatic heterocycles. The van der Waals surface area contributed by atoms with Gasteiger partial charge in [-0.1, -0.05) is 36.8 Å². The molecule has 31 heavy (non-hydrogen) atoms. The monoisotopic (exact) mass is 408 g/mol. The largest absolute Gasteiger partial charge is 0.217 e. The lowest BCUT2D eigenvalue weighted by Gasteiger charge is -2.24. The van der Waals surface area contributed by atoms with Crippen LogP contribution in [0.5, 0.6) is 0 Å². The molecule has 1 aliphatic carbocycles. The number of hydrogen-bond acceptors (Lipinski definition) is 3. The molecule has 0 fully saturated rings. The summed E-state index contributed by atoms with van der Waals surface area (Å²) in [6.07, 6.45) is 3.30. The van der Waals surface area contributed by atoms with Crippen LogP contribution in [-0.2, 0) is 0 Å². The number of hydrogen-bond donors (Lipinski definition) is 0. The third-order valence-electron chi connectivity index (χ3n) is 5.97. The van der Waals surface area contributed by atoms with Crippen LogP contribution in [0, 0.1) is 38.0 Å². The van der Waals surface area contributed by atoms with E-state index in [1.165, 1.54) is 22.4 Å². The standard InChI is InChI=1S/C27H28N4/c1-16-10-19(4)26(20(5)11-16)31-27(29-21(6)30-31)24-9-7-8-23(14-24)25-17(2)12-22(15-28)13-18(25)3/h7-10,12-14,20H,11H2,1-6H3. The van der Waals surface area contributed by atoms with E-state index in [1.54, 1.807) is 0 Å². The predicted molar refractivity (Wildman–Crippen MR) is 126 cm³/mol. The van der Waals surface area contributed by atoms with Crippen molar-refractivity contribution in [3.05, 3.63) is 76.1 Å². The molecule has 4 heteroatoms. The summed E-state index contributed by atoms with van der Waals surface area (Å²) in [5.41, 5.74) is 10.1. The van der Waals surface area contributed by atoms with Gasteiger partial charge in [-0.2, -0.15) is 10.4 Å². The highest BCUT2D eigenvalue weighted by molar-refractivity contribution is 5.77. The molecule has 2 aromatic carbocycles. The maximum Gasteiger partial charge on any atom is 0.163 e. The summed E-state index contributed by atoms with van der Waals surface area (Å²) in [5.74, 6) is 2.03. The number of rotatable bonds is 3. The van der Waals surface area contributed by atoms with Gasteiger partial charge in [0.25, 0.3) is 0 Å². The lowest BCUT2D eigenvalue weighted by Crippen LogP contribution is -2.14. The van der Waals surface area contributed by atoms with Crippen LogP contribution in [0.15, 0.2) is 53.6 Å². The normalized spacial score (nSPS) is 16.3. The molecule has 0 saturated carbocycles. The van der Waals surface area contributed by atoms with Crippen molar-refractivity contribution in [2.75, 3.05) is 0 Å². The molecule has 1 heterocycles. The molecule has 3 aromatic rings. The molecular formula is C27H28N4. The maximum absolute atomic E-state index is 9.28. The first-order chi connectivity index (χ1) is 14.8. The lowest BCUT2D eigenvalue weighted by molar-refractivity contribution is 0.658. The topological polar surface area (TPSA) is 54.5 Å². The van der Waals surface area contributed by atoms with E-state index in [2.05, 4.69) is 71.0 Å². The first-order valence-corrected chi connectivity index (χ1v) is 10.7. The third-order valence-corrected chi connectivity index (χ3v) is 5.97. The van der Waals surface area contributed by atoms with Gasteiger partial charge in [0.2, 0.25) is 0 Å². The van der Waals surface area contributed by atoms with E-state index in [1.807, 2.05) is 23.7 Å². The van der Waals surface area contributed by atoms with Gasteiger partial charge in [0.05, 0.1) is 17.3 Å².